The Morgan fingerprint density at radius 1 is 1.53 bits per heavy atom. The number of piperidine rings is 1. The van der Waals surface area contributed by atoms with Crippen LogP contribution in [0.25, 0.3) is 0 Å². The summed E-state index contributed by atoms with van der Waals surface area (Å²) < 4.78 is 24.6. The van der Waals surface area contributed by atoms with Crippen LogP contribution in [0.4, 0.5) is 0 Å². The summed E-state index contributed by atoms with van der Waals surface area (Å²) in [4.78, 5) is 13.2. The molecule has 0 saturated carbocycles. The molecule has 1 unspecified atom stereocenters. The highest BCUT2D eigenvalue weighted by Crippen LogP contribution is 2.11. The minimum absolute atomic E-state index is 0.0926. The minimum Gasteiger partial charge on any atom is -0.341 e. The highest BCUT2D eigenvalue weighted by Gasteiger charge is 2.24. The zero-order valence-electron chi connectivity index (χ0n) is 9.19. The van der Waals surface area contributed by atoms with E-state index in [0.29, 0.717) is 13.0 Å². The van der Waals surface area contributed by atoms with Gasteiger partial charge in [-0.1, -0.05) is 6.92 Å². The van der Waals surface area contributed by atoms with Crippen LogP contribution in [0.5, 0.6) is 0 Å². The molecule has 0 aromatic carbocycles. The average Bonchev–Trinajstić information content (AvgIpc) is 2.14. The molecule has 1 saturated heterocycles. The van der Waals surface area contributed by atoms with Gasteiger partial charge in [-0.15, -0.1) is 0 Å². The molecule has 0 aromatic rings. The number of nitrogens with zero attached hydrogens (tertiary/aromatic N) is 1. The second kappa shape index (κ2) is 4.94. The Bertz CT molecular complexity index is 326. The molecule has 1 heterocycles. The van der Waals surface area contributed by atoms with Gasteiger partial charge in [-0.25, -0.2) is 13.1 Å². The number of carbonyl (C=O) groups excluding carboxylic acids is 1. The van der Waals surface area contributed by atoms with Crippen molar-refractivity contribution >= 4 is 15.9 Å². The van der Waals surface area contributed by atoms with E-state index < -0.39 is 10.0 Å². The summed E-state index contributed by atoms with van der Waals surface area (Å²) in [5.74, 6) is 0.0926. The van der Waals surface area contributed by atoms with E-state index in [0.717, 1.165) is 25.6 Å². The molecule has 1 amide bonds. The fraction of sp³-hybridized carbons (Fsp3) is 0.889. The van der Waals surface area contributed by atoms with Crippen LogP contribution in [-0.2, 0) is 14.8 Å². The number of nitrogens with one attached hydrogen (secondary N) is 1. The lowest BCUT2D eigenvalue weighted by atomic mass is 10.1. The van der Waals surface area contributed by atoms with Gasteiger partial charge in [0, 0.05) is 25.6 Å². The number of likely N-dealkylation sites (tertiary alicyclic amines) is 1. The SMILES string of the molecule is CCC(=O)N1CCCC(NS(C)(=O)=O)C1. The molecule has 15 heavy (non-hydrogen) atoms. The molecule has 5 nitrogen and oxygen atoms in total. The molecule has 1 aliphatic heterocycles. The van der Waals surface area contributed by atoms with Gasteiger partial charge in [0.25, 0.3) is 0 Å². The molecule has 88 valence electrons. The van der Waals surface area contributed by atoms with Gasteiger partial charge in [-0.05, 0) is 12.8 Å². The van der Waals surface area contributed by atoms with Gasteiger partial charge in [-0.2, -0.15) is 0 Å². The van der Waals surface area contributed by atoms with E-state index in [1.807, 2.05) is 6.92 Å². The third-order valence-electron chi connectivity index (χ3n) is 2.46. The van der Waals surface area contributed by atoms with Gasteiger partial charge in [0.1, 0.15) is 0 Å². The fourth-order valence-electron chi connectivity index (χ4n) is 1.83. The maximum atomic E-state index is 11.4. The first-order chi connectivity index (χ1) is 6.92. The predicted molar refractivity (Wildman–Crippen MR) is 57.9 cm³/mol. The van der Waals surface area contributed by atoms with Crippen LogP contribution >= 0.6 is 0 Å². The quantitative estimate of drug-likeness (QED) is 0.743. The number of hydrogen-bond donors (Lipinski definition) is 1. The van der Waals surface area contributed by atoms with Crippen molar-refractivity contribution in [1.29, 1.82) is 0 Å². The van der Waals surface area contributed by atoms with E-state index in [2.05, 4.69) is 4.72 Å². The summed E-state index contributed by atoms with van der Waals surface area (Å²) in [5.41, 5.74) is 0. The number of rotatable bonds is 3. The molecule has 0 aromatic heterocycles. The third kappa shape index (κ3) is 4.17. The summed E-state index contributed by atoms with van der Waals surface area (Å²) in [5, 5.41) is 0. The number of amides is 1. The molecular formula is C9H18N2O3S. The molecule has 0 bridgehead atoms. The zero-order chi connectivity index (χ0) is 11.5. The number of hydrogen-bond acceptors (Lipinski definition) is 3. The van der Waals surface area contributed by atoms with Crippen LogP contribution in [0.3, 0.4) is 0 Å². The Morgan fingerprint density at radius 3 is 2.73 bits per heavy atom. The summed E-state index contributed by atoms with van der Waals surface area (Å²) >= 11 is 0. The summed E-state index contributed by atoms with van der Waals surface area (Å²) in [6, 6.07) is -0.121. The summed E-state index contributed by atoms with van der Waals surface area (Å²) in [7, 11) is -3.17. The van der Waals surface area contributed by atoms with Crippen molar-refractivity contribution in [2.45, 2.75) is 32.2 Å². The van der Waals surface area contributed by atoms with Gasteiger partial charge in [-0.3, -0.25) is 4.79 Å². The monoisotopic (exact) mass is 234 g/mol. The Labute approximate surface area is 90.9 Å². The van der Waals surface area contributed by atoms with Crippen LogP contribution < -0.4 is 4.72 Å². The van der Waals surface area contributed by atoms with E-state index >= 15 is 0 Å². The van der Waals surface area contributed by atoms with Crippen LogP contribution in [0.15, 0.2) is 0 Å². The minimum atomic E-state index is -3.17. The molecule has 0 aliphatic carbocycles. The normalized spacial score (nSPS) is 22.8. The van der Waals surface area contributed by atoms with E-state index in [-0.39, 0.29) is 11.9 Å². The second-order valence-electron chi connectivity index (χ2n) is 3.92. The smallest absolute Gasteiger partial charge is 0.222 e. The highest BCUT2D eigenvalue weighted by atomic mass is 32.2. The molecule has 0 spiro atoms. The second-order valence-corrected chi connectivity index (χ2v) is 5.70. The summed E-state index contributed by atoms with van der Waals surface area (Å²) in [6.07, 6.45) is 3.29. The fourth-order valence-corrected chi connectivity index (χ4v) is 2.62. The Hall–Kier alpha value is -0.620. The van der Waals surface area contributed by atoms with Gasteiger partial charge >= 0.3 is 0 Å². The highest BCUT2D eigenvalue weighted by molar-refractivity contribution is 7.88. The molecule has 1 aliphatic rings. The Balaban J connectivity index is 2.53. The van der Waals surface area contributed by atoms with Crippen LogP contribution in [0.1, 0.15) is 26.2 Å². The first-order valence-electron chi connectivity index (χ1n) is 5.17. The molecule has 1 atom stereocenters. The largest absolute Gasteiger partial charge is 0.341 e. The van der Waals surface area contributed by atoms with Crippen LogP contribution in [0, 0.1) is 0 Å². The molecule has 6 heteroatoms. The van der Waals surface area contributed by atoms with Gasteiger partial charge in [0.15, 0.2) is 0 Å². The standard InChI is InChI=1S/C9H18N2O3S/c1-3-9(12)11-6-4-5-8(7-11)10-15(2,13)14/h8,10H,3-7H2,1-2H3. The van der Waals surface area contributed by atoms with E-state index in [9.17, 15) is 13.2 Å². The summed E-state index contributed by atoms with van der Waals surface area (Å²) in [6.45, 7) is 3.06. The van der Waals surface area contributed by atoms with Crippen molar-refractivity contribution in [3.8, 4) is 0 Å². The molecular weight excluding hydrogens is 216 g/mol. The van der Waals surface area contributed by atoms with Gasteiger partial charge in [0.05, 0.1) is 6.26 Å². The topological polar surface area (TPSA) is 66.5 Å². The molecule has 1 rings (SSSR count). The lowest BCUT2D eigenvalue weighted by molar-refractivity contribution is -0.132. The lowest BCUT2D eigenvalue weighted by Crippen LogP contribution is -2.49. The van der Waals surface area contributed by atoms with Crippen molar-refractivity contribution in [1.82, 2.24) is 9.62 Å². The number of carbonyl (C=O) groups is 1. The van der Waals surface area contributed by atoms with E-state index in [1.165, 1.54) is 0 Å². The van der Waals surface area contributed by atoms with Gasteiger partial charge in [0.2, 0.25) is 15.9 Å². The van der Waals surface area contributed by atoms with Crippen molar-refractivity contribution in [2.75, 3.05) is 19.3 Å². The van der Waals surface area contributed by atoms with Crippen molar-refractivity contribution in [3.05, 3.63) is 0 Å². The molecule has 1 N–H and O–H groups in total. The first kappa shape index (κ1) is 12.4. The Kier molecular flexibility index (Phi) is 4.10. The van der Waals surface area contributed by atoms with E-state index in [4.69, 9.17) is 0 Å². The first-order valence-corrected chi connectivity index (χ1v) is 7.06. The van der Waals surface area contributed by atoms with Crippen molar-refractivity contribution in [2.24, 2.45) is 0 Å². The lowest BCUT2D eigenvalue weighted by Gasteiger charge is -2.32. The maximum absolute atomic E-state index is 11.4. The van der Waals surface area contributed by atoms with Crippen LogP contribution in [-0.4, -0.2) is 44.6 Å². The van der Waals surface area contributed by atoms with Gasteiger partial charge < -0.3 is 4.90 Å². The predicted octanol–water partition coefficient (Wildman–Crippen LogP) is -0.0634. The van der Waals surface area contributed by atoms with Crippen LogP contribution in [0.2, 0.25) is 0 Å². The Morgan fingerprint density at radius 2 is 2.20 bits per heavy atom. The maximum Gasteiger partial charge on any atom is 0.222 e. The molecule has 0 radical (unpaired) electrons. The zero-order valence-corrected chi connectivity index (χ0v) is 10.0. The number of sulfonamides is 1. The van der Waals surface area contributed by atoms with E-state index in [1.54, 1.807) is 4.90 Å². The molecule has 1 fully saturated rings. The third-order valence-corrected chi connectivity index (χ3v) is 3.22. The van der Waals surface area contributed by atoms with Crippen molar-refractivity contribution < 1.29 is 13.2 Å². The van der Waals surface area contributed by atoms with Crippen molar-refractivity contribution in [3.63, 3.8) is 0 Å². The average molecular weight is 234 g/mol.